The van der Waals surface area contributed by atoms with Crippen LogP contribution in [0.1, 0.15) is 27.4 Å². The van der Waals surface area contributed by atoms with Crippen molar-refractivity contribution in [2.45, 2.75) is 38.8 Å². The summed E-state index contributed by atoms with van der Waals surface area (Å²) in [7, 11) is 1.73. The SMILES string of the molecule is COc1ccc2c(c1)CC(NCc1cnc(C)s1)CC2. The molecular formula is C16H20N2OS. The van der Waals surface area contributed by atoms with E-state index >= 15 is 0 Å². The number of nitrogens with zero attached hydrogens (tertiary/aromatic N) is 1. The van der Waals surface area contributed by atoms with Gasteiger partial charge >= 0.3 is 0 Å². The Labute approximate surface area is 124 Å². The maximum Gasteiger partial charge on any atom is 0.119 e. The third-order valence-corrected chi connectivity index (χ3v) is 4.79. The Kier molecular flexibility index (Phi) is 4.03. The van der Waals surface area contributed by atoms with E-state index in [2.05, 4.69) is 35.4 Å². The Morgan fingerprint density at radius 1 is 1.40 bits per heavy atom. The van der Waals surface area contributed by atoms with E-state index in [1.54, 1.807) is 18.4 Å². The number of thiazole rings is 1. The van der Waals surface area contributed by atoms with E-state index in [4.69, 9.17) is 4.74 Å². The fraction of sp³-hybridized carbons (Fsp3) is 0.438. The van der Waals surface area contributed by atoms with E-state index in [1.165, 1.54) is 22.4 Å². The molecule has 0 saturated heterocycles. The Morgan fingerprint density at radius 3 is 3.05 bits per heavy atom. The van der Waals surface area contributed by atoms with E-state index in [0.29, 0.717) is 6.04 Å². The lowest BCUT2D eigenvalue weighted by molar-refractivity contribution is 0.411. The van der Waals surface area contributed by atoms with Gasteiger partial charge in [0.25, 0.3) is 0 Å². The van der Waals surface area contributed by atoms with Crippen LogP contribution in [-0.4, -0.2) is 18.1 Å². The van der Waals surface area contributed by atoms with E-state index in [9.17, 15) is 0 Å². The van der Waals surface area contributed by atoms with Crippen LogP contribution in [0.15, 0.2) is 24.4 Å². The normalized spacial score (nSPS) is 17.8. The van der Waals surface area contributed by atoms with Crippen LogP contribution in [0.3, 0.4) is 0 Å². The number of nitrogens with one attached hydrogen (secondary N) is 1. The summed E-state index contributed by atoms with van der Waals surface area (Å²) in [5.41, 5.74) is 2.89. The van der Waals surface area contributed by atoms with Crippen LogP contribution in [0, 0.1) is 6.92 Å². The molecule has 1 aromatic heterocycles. The predicted octanol–water partition coefficient (Wildman–Crippen LogP) is 3.11. The minimum absolute atomic E-state index is 0.553. The summed E-state index contributed by atoms with van der Waals surface area (Å²) >= 11 is 1.77. The molecule has 1 aliphatic carbocycles. The highest BCUT2D eigenvalue weighted by molar-refractivity contribution is 7.11. The first-order valence-electron chi connectivity index (χ1n) is 7.05. The minimum Gasteiger partial charge on any atom is -0.497 e. The van der Waals surface area contributed by atoms with Gasteiger partial charge in [0.15, 0.2) is 0 Å². The van der Waals surface area contributed by atoms with E-state index in [1.807, 2.05) is 6.20 Å². The highest BCUT2D eigenvalue weighted by Crippen LogP contribution is 2.26. The van der Waals surface area contributed by atoms with Gasteiger partial charge in [0.1, 0.15) is 5.75 Å². The molecule has 0 saturated carbocycles. The van der Waals surface area contributed by atoms with Gasteiger partial charge in [-0.1, -0.05) is 6.07 Å². The minimum atomic E-state index is 0.553. The second-order valence-corrected chi connectivity index (χ2v) is 6.62. The van der Waals surface area contributed by atoms with Crippen molar-refractivity contribution in [1.82, 2.24) is 10.3 Å². The first kappa shape index (κ1) is 13.6. The van der Waals surface area contributed by atoms with Gasteiger partial charge in [0.05, 0.1) is 12.1 Å². The number of fused-ring (bicyclic) bond motifs is 1. The third-order valence-electron chi connectivity index (χ3n) is 3.88. The maximum absolute atomic E-state index is 5.32. The molecule has 1 N–H and O–H groups in total. The zero-order chi connectivity index (χ0) is 13.9. The molecule has 4 heteroatoms. The number of rotatable bonds is 4. The lowest BCUT2D eigenvalue weighted by atomic mass is 9.88. The van der Waals surface area contributed by atoms with Gasteiger partial charge in [-0.2, -0.15) is 0 Å². The molecule has 1 unspecified atom stereocenters. The Morgan fingerprint density at radius 2 is 2.30 bits per heavy atom. The molecule has 0 amide bonds. The van der Waals surface area contributed by atoms with Crippen LogP contribution in [-0.2, 0) is 19.4 Å². The number of hydrogen-bond donors (Lipinski definition) is 1. The van der Waals surface area contributed by atoms with Crippen molar-refractivity contribution in [1.29, 1.82) is 0 Å². The number of hydrogen-bond acceptors (Lipinski definition) is 4. The fourth-order valence-electron chi connectivity index (χ4n) is 2.77. The maximum atomic E-state index is 5.32. The summed E-state index contributed by atoms with van der Waals surface area (Å²) in [6.07, 6.45) is 5.42. The van der Waals surface area contributed by atoms with E-state index in [-0.39, 0.29) is 0 Å². The second kappa shape index (κ2) is 5.94. The molecule has 0 fully saturated rings. The molecule has 3 rings (SSSR count). The van der Waals surface area contributed by atoms with Crippen molar-refractivity contribution >= 4 is 11.3 Å². The Balaban J connectivity index is 1.62. The van der Waals surface area contributed by atoms with Crippen LogP contribution >= 0.6 is 11.3 Å². The van der Waals surface area contributed by atoms with Gasteiger partial charge in [0.2, 0.25) is 0 Å². The molecule has 0 bridgehead atoms. The number of methoxy groups -OCH3 is 1. The molecule has 20 heavy (non-hydrogen) atoms. The number of aryl methyl sites for hydroxylation is 2. The molecule has 106 valence electrons. The molecule has 1 atom stereocenters. The van der Waals surface area contributed by atoms with Crippen molar-refractivity contribution in [2.75, 3.05) is 7.11 Å². The van der Waals surface area contributed by atoms with Gasteiger partial charge in [-0.3, -0.25) is 0 Å². The topological polar surface area (TPSA) is 34.1 Å². The first-order chi connectivity index (χ1) is 9.74. The van der Waals surface area contributed by atoms with Gasteiger partial charge < -0.3 is 10.1 Å². The van der Waals surface area contributed by atoms with Crippen LogP contribution in [0.5, 0.6) is 5.75 Å². The highest BCUT2D eigenvalue weighted by Gasteiger charge is 2.18. The van der Waals surface area contributed by atoms with Crippen molar-refractivity contribution in [3.05, 3.63) is 45.4 Å². The second-order valence-electron chi connectivity index (χ2n) is 5.30. The van der Waals surface area contributed by atoms with E-state index < -0.39 is 0 Å². The molecule has 0 radical (unpaired) electrons. The lowest BCUT2D eigenvalue weighted by Crippen LogP contribution is -2.33. The smallest absolute Gasteiger partial charge is 0.119 e. The Hall–Kier alpha value is -1.39. The molecule has 1 heterocycles. The molecule has 1 aliphatic rings. The number of ether oxygens (including phenoxy) is 1. The van der Waals surface area contributed by atoms with Gasteiger partial charge in [-0.15, -0.1) is 11.3 Å². The van der Waals surface area contributed by atoms with Crippen molar-refractivity contribution in [3.8, 4) is 5.75 Å². The fourth-order valence-corrected chi connectivity index (χ4v) is 3.51. The summed E-state index contributed by atoms with van der Waals surface area (Å²) in [6, 6.07) is 7.00. The van der Waals surface area contributed by atoms with Crippen LogP contribution in [0.25, 0.3) is 0 Å². The quantitative estimate of drug-likeness (QED) is 0.938. The van der Waals surface area contributed by atoms with Gasteiger partial charge in [-0.25, -0.2) is 4.98 Å². The van der Waals surface area contributed by atoms with Crippen LogP contribution in [0.4, 0.5) is 0 Å². The summed E-state index contributed by atoms with van der Waals surface area (Å²) in [6.45, 7) is 2.98. The highest BCUT2D eigenvalue weighted by atomic mass is 32.1. The largest absolute Gasteiger partial charge is 0.497 e. The third kappa shape index (κ3) is 3.02. The van der Waals surface area contributed by atoms with Crippen LogP contribution < -0.4 is 10.1 Å². The molecule has 3 nitrogen and oxygen atoms in total. The van der Waals surface area contributed by atoms with Crippen molar-refractivity contribution in [2.24, 2.45) is 0 Å². The monoisotopic (exact) mass is 288 g/mol. The molecule has 1 aromatic carbocycles. The molecule has 2 aromatic rings. The molecule has 0 aliphatic heterocycles. The number of benzene rings is 1. The van der Waals surface area contributed by atoms with Gasteiger partial charge in [-0.05, 0) is 49.4 Å². The Bertz CT molecular complexity index is 594. The van der Waals surface area contributed by atoms with Crippen LogP contribution in [0.2, 0.25) is 0 Å². The summed E-state index contributed by atoms with van der Waals surface area (Å²) in [4.78, 5) is 5.62. The zero-order valence-corrected chi connectivity index (χ0v) is 12.8. The molecular weight excluding hydrogens is 268 g/mol. The molecule has 0 spiro atoms. The van der Waals surface area contributed by atoms with Crippen molar-refractivity contribution in [3.63, 3.8) is 0 Å². The standard InChI is InChI=1S/C16H20N2OS/c1-11-17-9-16(20-11)10-18-14-5-3-12-4-6-15(19-2)8-13(12)7-14/h4,6,8-9,14,18H,3,5,7,10H2,1-2H3. The van der Waals surface area contributed by atoms with Gasteiger partial charge in [0, 0.05) is 23.7 Å². The number of aromatic nitrogens is 1. The summed E-state index contributed by atoms with van der Waals surface area (Å²) in [5.74, 6) is 0.961. The average Bonchev–Trinajstić information content (AvgIpc) is 2.90. The summed E-state index contributed by atoms with van der Waals surface area (Å²) < 4.78 is 5.32. The average molecular weight is 288 g/mol. The predicted molar refractivity (Wildman–Crippen MR) is 82.5 cm³/mol. The summed E-state index contributed by atoms with van der Waals surface area (Å²) in [5, 5.41) is 4.80. The lowest BCUT2D eigenvalue weighted by Gasteiger charge is -2.25. The van der Waals surface area contributed by atoms with Crippen molar-refractivity contribution < 1.29 is 4.74 Å². The van der Waals surface area contributed by atoms with E-state index in [0.717, 1.165) is 30.1 Å². The zero-order valence-electron chi connectivity index (χ0n) is 12.0. The first-order valence-corrected chi connectivity index (χ1v) is 7.87.